The van der Waals surface area contributed by atoms with Gasteiger partial charge in [0.2, 0.25) is 0 Å². The first-order chi connectivity index (χ1) is 11.7. The van der Waals surface area contributed by atoms with Crippen LogP contribution in [-0.4, -0.2) is 38.4 Å². The maximum atomic E-state index is 12.7. The van der Waals surface area contributed by atoms with E-state index < -0.39 is 0 Å². The molecule has 1 amide bonds. The molecule has 122 valence electrons. The monoisotopic (exact) mass is 320 g/mol. The van der Waals surface area contributed by atoms with Gasteiger partial charge in [0.05, 0.1) is 16.6 Å². The third-order valence-electron chi connectivity index (χ3n) is 4.80. The highest BCUT2D eigenvalue weighted by atomic mass is 16.2. The molecule has 0 radical (unpaired) electrons. The molecule has 0 N–H and O–H groups in total. The fraction of sp³-hybridized carbons (Fsp3) is 0.316. The van der Waals surface area contributed by atoms with Crippen LogP contribution in [0, 0.1) is 0 Å². The summed E-state index contributed by atoms with van der Waals surface area (Å²) in [5.74, 6) is 1.41. The number of likely N-dealkylation sites (tertiary alicyclic amines) is 1. The molecule has 1 aliphatic heterocycles. The van der Waals surface area contributed by atoms with E-state index in [-0.39, 0.29) is 11.8 Å². The average Bonchev–Trinajstić information content (AvgIpc) is 2.99. The van der Waals surface area contributed by atoms with Gasteiger partial charge in [-0.2, -0.15) is 0 Å². The summed E-state index contributed by atoms with van der Waals surface area (Å²) in [6, 6.07) is 11.8. The van der Waals surface area contributed by atoms with Crippen molar-refractivity contribution in [1.82, 2.24) is 19.4 Å². The second kappa shape index (κ2) is 6.07. The number of amides is 1. The number of pyridine rings is 1. The van der Waals surface area contributed by atoms with Crippen molar-refractivity contribution in [3.05, 3.63) is 60.2 Å². The van der Waals surface area contributed by atoms with Gasteiger partial charge in [-0.1, -0.05) is 12.1 Å². The molecule has 1 atom stereocenters. The maximum absolute atomic E-state index is 12.7. The highest BCUT2D eigenvalue weighted by Gasteiger charge is 2.28. The summed E-state index contributed by atoms with van der Waals surface area (Å²) in [7, 11) is 2.06. The maximum Gasteiger partial charge on any atom is 0.255 e. The summed E-state index contributed by atoms with van der Waals surface area (Å²) in [4.78, 5) is 23.5. The Morgan fingerprint density at radius 1 is 1.21 bits per heavy atom. The summed E-state index contributed by atoms with van der Waals surface area (Å²) in [6.45, 7) is 1.51. The second-order valence-corrected chi connectivity index (χ2v) is 6.35. The van der Waals surface area contributed by atoms with Crippen molar-refractivity contribution < 1.29 is 4.79 Å². The van der Waals surface area contributed by atoms with E-state index in [4.69, 9.17) is 4.98 Å². The lowest BCUT2D eigenvalue weighted by molar-refractivity contribution is 0.0703. The molecule has 24 heavy (non-hydrogen) atoms. The molecule has 1 unspecified atom stereocenters. The SMILES string of the molecule is Cn1c(C2CCCN(C(=O)c3cccnc3)C2)nc2ccccc21. The van der Waals surface area contributed by atoms with Gasteiger partial charge >= 0.3 is 0 Å². The third-order valence-corrected chi connectivity index (χ3v) is 4.80. The molecule has 1 fully saturated rings. The number of carbonyl (C=O) groups excluding carboxylic acids is 1. The number of hydrogen-bond acceptors (Lipinski definition) is 3. The molecule has 0 bridgehead atoms. The molecule has 2 aromatic heterocycles. The molecule has 4 rings (SSSR count). The molecule has 0 aliphatic carbocycles. The number of imidazole rings is 1. The molecular weight excluding hydrogens is 300 g/mol. The zero-order chi connectivity index (χ0) is 16.5. The van der Waals surface area contributed by atoms with Crippen molar-refractivity contribution >= 4 is 16.9 Å². The van der Waals surface area contributed by atoms with Gasteiger partial charge in [-0.15, -0.1) is 0 Å². The van der Waals surface area contributed by atoms with Gasteiger partial charge in [-0.25, -0.2) is 4.98 Å². The molecule has 0 spiro atoms. The number of hydrogen-bond donors (Lipinski definition) is 0. The van der Waals surface area contributed by atoms with Crippen molar-refractivity contribution in [2.75, 3.05) is 13.1 Å². The minimum atomic E-state index is 0.0616. The van der Waals surface area contributed by atoms with Crippen LogP contribution >= 0.6 is 0 Å². The van der Waals surface area contributed by atoms with Crippen LogP contribution in [0.15, 0.2) is 48.8 Å². The fourth-order valence-electron chi connectivity index (χ4n) is 3.57. The molecule has 3 aromatic rings. The van der Waals surface area contributed by atoms with Crippen LogP contribution in [0.3, 0.4) is 0 Å². The minimum Gasteiger partial charge on any atom is -0.338 e. The number of benzene rings is 1. The second-order valence-electron chi connectivity index (χ2n) is 6.35. The fourth-order valence-corrected chi connectivity index (χ4v) is 3.57. The molecule has 1 aromatic carbocycles. The number of aromatic nitrogens is 3. The highest BCUT2D eigenvalue weighted by molar-refractivity contribution is 5.94. The lowest BCUT2D eigenvalue weighted by Gasteiger charge is -2.32. The van der Waals surface area contributed by atoms with Crippen LogP contribution in [-0.2, 0) is 7.05 Å². The summed E-state index contributed by atoms with van der Waals surface area (Å²) in [6.07, 6.45) is 5.39. The number of piperidine rings is 1. The van der Waals surface area contributed by atoms with Gasteiger partial charge in [0.1, 0.15) is 5.82 Å². The average molecular weight is 320 g/mol. The lowest BCUT2D eigenvalue weighted by Crippen LogP contribution is -2.39. The van der Waals surface area contributed by atoms with E-state index in [1.807, 2.05) is 29.2 Å². The zero-order valence-electron chi connectivity index (χ0n) is 13.7. The predicted octanol–water partition coefficient (Wildman–Crippen LogP) is 2.99. The number of rotatable bonds is 2. The van der Waals surface area contributed by atoms with Crippen molar-refractivity contribution in [2.45, 2.75) is 18.8 Å². The van der Waals surface area contributed by atoms with Crippen LogP contribution < -0.4 is 0 Å². The van der Waals surface area contributed by atoms with Crippen molar-refractivity contribution in [2.24, 2.45) is 7.05 Å². The van der Waals surface area contributed by atoms with E-state index in [1.54, 1.807) is 18.5 Å². The number of nitrogens with zero attached hydrogens (tertiary/aromatic N) is 4. The molecule has 5 heteroatoms. The highest BCUT2D eigenvalue weighted by Crippen LogP contribution is 2.29. The topological polar surface area (TPSA) is 51.0 Å². The molecule has 1 aliphatic rings. The predicted molar refractivity (Wildman–Crippen MR) is 92.8 cm³/mol. The Morgan fingerprint density at radius 2 is 2.08 bits per heavy atom. The van der Waals surface area contributed by atoms with E-state index in [0.717, 1.165) is 36.2 Å². The Kier molecular flexibility index (Phi) is 3.76. The lowest BCUT2D eigenvalue weighted by atomic mass is 9.96. The first kappa shape index (κ1) is 14.9. The van der Waals surface area contributed by atoms with Crippen LogP contribution in [0.4, 0.5) is 0 Å². The quantitative estimate of drug-likeness (QED) is 0.729. The van der Waals surface area contributed by atoms with Gasteiger partial charge in [0.25, 0.3) is 5.91 Å². The van der Waals surface area contributed by atoms with Crippen LogP contribution in [0.5, 0.6) is 0 Å². The summed E-state index contributed by atoms with van der Waals surface area (Å²) in [5, 5.41) is 0. The normalized spacial score (nSPS) is 18.0. The smallest absolute Gasteiger partial charge is 0.255 e. The Morgan fingerprint density at radius 3 is 2.88 bits per heavy atom. The zero-order valence-corrected chi connectivity index (χ0v) is 13.7. The van der Waals surface area contributed by atoms with E-state index in [0.29, 0.717) is 12.1 Å². The van der Waals surface area contributed by atoms with Crippen LogP contribution in [0.1, 0.15) is 34.9 Å². The number of fused-ring (bicyclic) bond motifs is 1. The van der Waals surface area contributed by atoms with Gasteiger partial charge in [0, 0.05) is 38.4 Å². The largest absolute Gasteiger partial charge is 0.338 e. The van der Waals surface area contributed by atoms with Crippen molar-refractivity contribution in [3.8, 4) is 0 Å². The number of aryl methyl sites for hydroxylation is 1. The number of carbonyl (C=O) groups is 1. The van der Waals surface area contributed by atoms with E-state index in [9.17, 15) is 4.79 Å². The van der Waals surface area contributed by atoms with Gasteiger partial charge in [0.15, 0.2) is 0 Å². The third kappa shape index (κ3) is 2.56. The Bertz CT molecular complexity index is 871. The summed E-state index contributed by atoms with van der Waals surface area (Å²) >= 11 is 0. The molecule has 1 saturated heterocycles. The van der Waals surface area contributed by atoms with Gasteiger partial charge in [-0.3, -0.25) is 9.78 Å². The molecule has 3 heterocycles. The van der Waals surface area contributed by atoms with E-state index >= 15 is 0 Å². The van der Waals surface area contributed by atoms with Gasteiger partial charge < -0.3 is 9.47 Å². The van der Waals surface area contributed by atoms with Crippen molar-refractivity contribution in [3.63, 3.8) is 0 Å². The Labute approximate surface area is 140 Å². The first-order valence-electron chi connectivity index (χ1n) is 8.34. The molecular formula is C19H20N4O. The van der Waals surface area contributed by atoms with Crippen LogP contribution in [0.2, 0.25) is 0 Å². The standard InChI is InChI=1S/C19H20N4O/c1-22-17-9-3-2-8-16(17)21-18(22)15-7-5-11-23(13-15)19(24)14-6-4-10-20-12-14/h2-4,6,8-10,12,15H,5,7,11,13H2,1H3. The Hall–Kier alpha value is -2.69. The summed E-state index contributed by atoms with van der Waals surface area (Å²) in [5.41, 5.74) is 2.82. The molecule has 5 nitrogen and oxygen atoms in total. The first-order valence-corrected chi connectivity index (χ1v) is 8.34. The van der Waals surface area contributed by atoms with Crippen LogP contribution in [0.25, 0.3) is 11.0 Å². The Balaban J connectivity index is 1.60. The number of para-hydroxylation sites is 2. The summed E-state index contributed by atoms with van der Waals surface area (Å²) < 4.78 is 2.16. The minimum absolute atomic E-state index is 0.0616. The van der Waals surface area contributed by atoms with Gasteiger partial charge in [-0.05, 0) is 37.1 Å². The van der Waals surface area contributed by atoms with E-state index in [2.05, 4.69) is 22.7 Å². The van der Waals surface area contributed by atoms with Crippen molar-refractivity contribution in [1.29, 1.82) is 0 Å². The molecule has 0 saturated carbocycles. The van der Waals surface area contributed by atoms with E-state index in [1.165, 1.54) is 0 Å².